The first kappa shape index (κ1) is 10.2. The maximum absolute atomic E-state index is 11.6. The molecule has 0 fully saturated rings. The van der Waals surface area contributed by atoms with Gasteiger partial charge in [-0.05, 0) is 30.7 Å². The Morgan fingerprint density at radius 3 is 2.38 bits per heavy atom. The molecule has 0 aliphatic rings. The first-order valence-corrected chi connectivity index (χ1v) is 5.81. The fourth-order valence-electron chi connectivity index (χ4n) is 1.08. The van der Waals surface area contributed by atoms with Gasteiger partial charge in [0, 0.05) is 11.5 Å². The van der Waals surface area contributed by atoms with E-state index in [9.17, 15) is 4.57 Å². The molecular formula is C10H14O2P. The average molecular weight is 197 g/mol. The van der Waals surface area contributed by atoms with Gasteiger partial charge in [-0.3, -0.25) is 4.57 Å². The molecule has 0 heterocycles. The summed E-state index contributed by atoms with van der Waals surface area (Å²) in [4.78, 5) is 0. The molecule has 0 spiro atoms. The second-order valence-corrected chi connectivity index (χ2v) is 4.52. The Morgan fingerprint density at radius 2 is 1.92 bits per heavy atom. The van der Waals surface area contributed by atoms with E-state index in [0.29, 0.717) is 0 Å². The van der Waals surface area contributed by atoms with Crippen molar-refractivity contribution in [1.82, 2.24) is 0 Å². The lowest BCUT2D eigenvalue weighted by Crippen LogP contribution is -1.97. The van der Waals surface area contributed by atoms with Crippen LogP contribution in [-0.4, -0.2) is 13.3 Å². The Labute approximate surface area is 79.7 Å². The highest BCUT2D eigenvalue weighted by molar-refractivity contribution is 7.53. The smallest absolute Gasteiger partial charge is 0.118 e. The molecule has 2 nitrogen and oxygen atoms in total. The lowest BCUT2D eigenvalue weighted by atomic mass is 10.3. The second-order valence-electron chi connectivity index (χ2n) is 2.80. The van der Waals surface area contributed by atoms with Crippen molar-refractivity contribution in [2.24, 2.45) is 0 Å². The van der Waals surface area contributed by atoms with Crippen LogP contribution in [0, 0.1) is 0 Å². The van der Waals surface area contributed by atoms with E-state index in [-0.39, 0.29) is 0 Å². The van der Waals surface area contributed by atoms with Crippen LogP contribution in [0.3, 0.4) is 0 Å². The number of hydrogen-bond acceptors (Lipinski definition) is 2. The predicted octanol–water partition coefficient (Wildman–Crippen LogP) is 2.56. The van der Waals surface area contributed by atoms with Crippen LogP contribution in [0.1, 0.15) is 13.3 Å². The van der Waals surface area contributed by atoms with Gasteiger partial charge in [0.15, 0.2) is 0 Å². The molecule has 1 radical (unpaired) electrons. The molecule has 71 valence electrons. The van der Waals surface area contributed by atoms with Gasteiger partial charge >= 0.3 is 0 Å². The van der Waals surface area contributed by atoms with Crippen molar-refractivity contribution in [2.45, 2.75) is 13.3 Å². The summed E-state index contributed by atoms with van der Waals surface area (Å²) in [6.07, 6.45) is 1.73. The van der Waals surface area contributed by atoms with Gasteiger partial charge in [0.25, 0.3) is 0 Å². The van der Waals surface area contributed by atoms with E-state index < -0.39 is 7.80 Å². The summed E-state index contributed by atoms with van der Waals surface area (Å²) in [5.41, 5.74) is 0. The molecule has 0 amide bonds. The average Bonchev–Trinajstić information content (AvgIpc) is 2.18. The van der Waals surface area contributed by atoms with Gasteiger partial charge in [-0.15, -0.1) is 0 Å². The zero-order chi connectivity index (χ0) is 9.68. The molecule has 1 atom stereocenters. The molecule has 1 aromatic carbocycles. The van der Waals surface area contributed by atoms with Gasteiger partial charge in [-0.25, -0.2) is 0 Å². The molecular weight excluding hydrogens is 183 g/mol. The normalized spacial score (nSPS) is 11.1. The Hall–Kier alpha value is -0.880. The number of rotatable bonds is 4. The van der Waals surface area contributed by atoms with Crippen molar-refractivity contribution >= 4 is 13.1 Å². The summed E-state index contributed by atoms with van der Waals surface area (Å²) in [6, 6.07) is 7.43. The topological polar surface area (TPSA) is 26.3 Å². The van der Waals surface area contributed by atoms with E-state index >= 15 is 0 Å². The van der Waals surface area contributed by atoms with E-state index in [1.54, 1.807) is 7.11 Å². The molecule has 0 aliphatic carbocycles. The predicted molar refractivity (Wildman–Crippen MR) is 55.4 cm³/mol. The molecule has 0 saturated carbocycles. The van der Waals surface area contributed by atoms with Crippen molar-refractivity contribution in [1.29, 1.82) is 0 Å². The van der Waals surface area contributed by atoms with Crippen molar-refractivity contribution in [3.8, 4) is 5.75 Å². The van der Waals surface area contributed by atoms with Crippen LogP contribution >= 0.6 is 7.80 Å². The minimum atomic E-state index is -1.20. The van der Waals surface area contributed by atoms with E-state index in [4.69, 9.17) is 4.74 Å². The molecule has 1 aromatic rings. The lowest BCUT2D eigenvalue weighted by Gasteiger charge is -2.01. The zero-order valence-corrected chi connectivity index (χ0v) is 8.88. The maximum Gasteiger partial charge on any atom is 0.118 e. The Kier molecular flexibility index (Phi) is 3.91. The molecule has 0 bridgehead atoms. The standard InChI is InChI=1S/C10H14O2P/c1-3-8-13(11)10-6-4-9(12-2)5-7-10/h4-7H,3,8H2,1-2H3. The third-order valence-electron chi connectivity index (χ3n) is 1.79. The summed E-state index contributed by atoms with van der Waals surface area (Å²) >= 11 is 0. The largest absolute Gasteiger partial charge is 0.497 e. The highest BCUT2D eigenvalue weighted by Crippen LogP contribution is 2.21. The zero-order valence-electron chi connectivity index (χ0n) is 7.99. The second kappa shape index (κ2) is 4.98. The highest BCUT2D eigenvalue weighted by atomic mass is 31.1. The molecule has 1 rings (SSSR count). The first-order chi connectivity index (χ1) is 6.27. The molecule has 0 N–H and O–H groups in total. The van der Waals surface area contributed by atoms with Gasteiger partial charge in [-0.1, -0.05) is 6.92 Å². The fraction of sp³-hybridized carbons (Fsp3) is 0.400. The number of hydrogen-bond donors (Lipinski definition) is 0. The maximum atomic E-state index is 11.6. The molecule has 0 aliphatic heterocycles. The third-order valence-corrected chi connectivity index (χ3v) is 3.51. The van der Waals surface area contributed by atoms with Crippen LogP contribution in [0.5, 0.6) is 5.75 Å². The van der Waals surface area contributed by atoms with E-state index in [2.05, 4.69) is 0 Å². The molecule has 1 unspecified atom stereocenters. The number of ether oxygens (including phenoxy) is 1. The Bertz CT molecular complexity index is 279. The third kappa shape index (κ3) is 2.82. The van der Waals surface area contributed by atoms with Gasteiger partial charge in [-0.2, -0.15) is 0 Å². The molecule has 13 heavy (non-hydrogen) atoms. The van der Waals surface area contributed by atoms with Gasteiger partial charge < -0.3 is 4.74 Å². The SMILES string of the molecule is CCC[P](=O)c1ccc(OC)cc1. The Morgan fingerprint density at radius 1 is 1.31 bits per heavy atom. The minimum absolute atomic E-state index is 0.766. The van der Waals surface area contributed by atoms with Gasteiger partial charge in [0.2, 0.25) is 0 Å². The highest BCUT2D eigenvalue weighted by Gasteiger charge is 2.02. The van der Waals surface area contributed by atoms with Crippen LogP contribution < -0.4 is 10.0 Å². The Balaban J connectivity index is 2.74. The monoisotopic (exact) mass is 197 g/mol. The number of benzene rings is 1. The van der Waals surface area contributed by atoms with Crippen LogP contribution in [0.4, 0.5) is 0 Å². The summed E-state index contributed by atoms with van der Waals surface area (Å²) in [7, 11) is 0.427. The summed E-state index contributed by atoms with van der Waals surface area (Å²) in [5, 5.41) is 0.914. The van der Waals surface area contributed by atoms with Crippen LogP contribution in [0.25, 0.3) is 0 Å². The van der Waals surface area contributed by atoms with Crippen LogP contribution in [0.15, 0.2) is 24.3 Å². The summed E-state index contributed by atoms with van der Waals surface area (Å²) in [5.74, 6) is 0.809. The van der Waals surface area contributed by atoms with Gasteiger partial charge in [0.1, 0.15) is 13.6 Å². The van der Waals surface area contributed by atoms with Crippen molar-refractivity contribution in [3.63, 3.8) is 0 Å². The molecule has 0 aromatic heterocycles. The van der Waals surface area contributed by atoms with E-state index in [1.807, 2.05) is 31.2 Å². The van der Waals surface area contributed by atoms with Crippen molar-refractivity contribution < 1.29 is 9.30 Å². The van der Waals surface area contributed by atoms with Gasteiger partial charge in [0.05, 0.1) is 7.11 Å². The quantitative estimate of drug-likeness (QED) is 0.693. The van der Waals surface area contributed by atoms with Crippen LogP contribution in [-0.2, 0) is 4.57 Å². The molecule has 3 heteroatoms. The lowest BCUT2D eigenvalue weighted by molar-refractivity contribution is 0.415. The van der Waals surface area contributed by atoms with Crippen LogP contribution in [0.2, 0.25) is 0 Å². The fourth-order valence-corrected chi connectivity index (χ4v) is 2.23. The van der Waals surface area contributed by atoms with Crippen molar-refractivity contribution in [2.75, 3.05) is 13.3 Å². The van der Waals surface area contributed by atoms with Crippen molar-refractivity contribution in [3.05, 3.63) is 24.3 Å². The summed E-state index contributed by atoms with van der Waals surface area (Å²) < 4.78 is 16.6. The van der Waals surface area contributed by atoms with E-state index in [1.165, 1.54) is 0 Å². The summed E-state index contributed by atoms with van der Waals surface area (Å²) in [6.45, 7) is 2.04. The number of methoxy groups -OCH3 is 1. The minimum Gasteiger partial charge on any atom is -0.497 e. The molecule has 0 saturated heterocycles. The van der Waals surface area contributed by atoms with E-state index in [0.717, 1.165) is 23.6 Å². The first-order valence-electron chi connectivity index (χ1n) is 4.36.